The molecule has 0 aliphatic rings. The van der Waals surface area contributed by atoms with E-state index in [1.807, 2.05) is 6.92 Å². The Kier molecular flexibility index (Phi) is 5.20. The van der Waals surface area contributed by atoms with Crippen molar-refractivity contribution in [3.63, 3.8) is 0 Å². The summed E-state index contributed by atoms with van der Waals surface area (Å²) in [5.41, 5.74) is 0. The molecule has 0 radical (unpaired) electrons. The Bertz CT molecular complexity index is 98.2. The summed E-state index contributed by atoms with van der Waals surface area (Å²) < 4.78 is 6.30. The van der Waals surface area contributed by atoms with Crippen molar-refractivity contribution in [2.45, 2.75) is 6.92 Å². The van der Waals surface area contributed by atoms with E-state index in [0.717, 1.165) is 0 Å². The van der Waals surface area contributed by atoms with Crippen molar-refractivity contribution in [2.24, 2.45) is 0 Å². The highest BCUT2D eigenvalue weighted by Crippen LogP contribution is 2.21. The van der Waals surface area contributed by atoms with Gasteiger partial charge in [0.15, 0.2) is 4.67 Å². The zero-order valence-electron chi connectivity index (χ0n) is 4.32. The molecule has 0 N–H and O–H groups in total. The fraction of sp³-hybridized carbons (Fsp3) is 0.500. The quantitative estimate of drug-likeness (QED) is 0.594. The Hall–Kier alpha value is 0.850. The SMILES string of the molecule is CCO/C(Br)=C(/S)Br. The normalized spacial score (nSPS) is 13.0. The molecule has 8 heavy (non-hydrogen) atoms. The third kappa shape index (κ3) is 3.80. The first-order valence-electron chi connectivity index (χ1n) is 2.05. The minimum absolute atomic E-state index is 0.642. The molecule has 0 fully saturated rings. The number of hydrogen-bond donors (Lipinski definition) is 1. The van der Waals surface area contributed by atoms with E-state index in [-0.39, 0.29) is 0 Å². The molecule has 0 atom stereocenters. The van der Waals surface area contributed by atoms with E-state index >= 15 is 0 Å². The van der Waals surface area contributed by atoms with Gasteiger partial charge < -0.3 is 4.74 Å². The third-order valence-corrected chi connectivity index (χ3v) is 2.46. The Morgan fingerprint density at radius 1 is 1.62 bits per heavy atom. The van der Waals surface area contributed by atoms with E-state index in [1.54, 1.807) is 0 Å². The van der Waals surface area contributed by atoms with Crippen LogP contribution in [-0.2, 0) is 4.74 Å². The summed E-state index contributed by atoms with van der Waals surface area (Å²) in [6.45, 7) is 2.56. The van der Waals surface area contributed by atoms with E-state index < -0.39 is 0 Å². The average molecular weight is 262 g/mol. The van der Waals surface area contributed by atoms with Crippen LogP contribution in [0, 0.1) is 0 Å². The second-order valence-corrected chi connectivity index (χ2v) is 3.57. The van der Waals surface area contributed by atoms with Gasteiger partial charge >= 0.3 is 0 Å². The molecule has 0 saturated heterocycles. The van der Waals surface area contributed by atoms with Gasteiger partial charge in [-0.15, -0.1) is 12.6 Å². The minimum Gasteiger partial charge on any atom is -0.485 e. The van der Waals surface area contributed by atoms with Crippen LogP contribution >= 0.6 is 44.5 Å². The van der Waals surface area contributed by atoms with E-state index in [4.69, 9.17) is 4.74 Å². The lowest BCUT2D eigenvalue weighted by Gasteiger charge is -1.98. The van der Waals surface area contributed by atoms with Gasteiger partial charge in [0.2, 0.25) is 0 Å². The van der Waals surface area contributed by atoms with Crippen LogP contribution in [0.4, 0.5) is 0 Å². The van der Waals surface area contributed by atoms with Crippen molar-refractivity contribution in [3.8, 4) is 0 Å². The largest absolute Gasteiger partial charge is 0.485 e. The van der Waals surface area contributed by atoms with E-state index in [9.17, 15) is 0 Å². The van der Waals surface area contributed by atoms with Crippen LogP contribution in [-0.4, -0.2) is 6.61 Å². The zero-order valence-corrected chi connectivity index (χ0v) is 8.38. The van der Waals surface area contributed by atoms with Crippen LogP contribution in [0.25, 0.3) is 0 Å². The Balaban J connectivity index is 3.62. The van der Waals surface area contributed by atoms with Gasteiger partial charge in [-0.3, -0.25) is 0 Å². The molecule has 0 aliphatic heterocycles. The van der Waals surface area contributed by atoms with Crippen LogP contribution in [0.3, 0.4) is 0 Å². The molecule has 0 saturated carbocycles. The van der Waals surface area contributed by atoms with Crippen molar-refractivity contribution in [1.82, 2.24) is 0 Å². The first-order chi connectivity index (χ1) is 3.68. The zero-order chi connectivity index (χ0) is 6.57. The molecule has 0 heterocycles. The smallest absolute Gasteiger partial charge is 0.182 e. The second kappa shape index (κ2) is 4.70. The molecule has 0 rings (SSSR count). The first kappa shape index (κ1) is 8.85. The maximum Gasteiger partial charge on any atom is 0.182 e. The van der Waals surface area contributed by atoms with Crippen LogP contribution < -0.4 is 0 Å². The van der Waals surface area contributed by atoms with Gasteiger partial charge in [-0.25, -0.2) is 0 Å². The molecule has 0 aliphatic carbocycles. The van der Waals surface area contributed by atoms with E-state index in [0.29, 0.717) is 15.1 Å². The maximum atomic E-state index is 4.98. The van der Waals surface area contributed by atoms with Gasteiger partial charge in [0.1, 0.15) is 0 Å². The van der Waals surface area contributed by atoms with E-state index in [1.165, 1.54) is 0 Å². The summed E-state index contributed by atoms with van der Waals surface area (Å²) in [4.78, 5) is 0. The average Bonchev–Trinajstić information content (AvgIpc) is 1.67. The van der Waals surface area contributed by atoms with E-state index in [2.05, 4.69) is 44.5 Å². The van der Waals surface area contributed by atoms with Gasteiger partial charge in [-0.1, -0.05) is 0 Å². The fourth-order valence-corrected chi connectivity index (χ4v) is 0.594. The number of ether oxygens (including phenoxy) is 1. The predicted molar refractivity (Wildman–Crippen MR) is 45.5 cm³/mol. The highest BCUT2D eigenvalue weighted by Gasteiger charge is 1.92. The van der Waals surface area contributed by atoms with Crippen molar-refractivity contribution < 1.29 is 4.74 Å². The Morgan fingerprint density at radius 3 is 2.25 bits per heavy atom. The lowest BCUT2D eigenvalue weighted by molar-refractivity contribution is 0.261. The monoisotopic (exact) mass is 260 g/mol. The molecule has 4 heteroatoms. The highest BCUT2D eigenvalue weighted by atomic mass is 79.9. The number of thiol groups is 1. The van der Waals surface area contributed by atoms with Crippen molar-refractivity contribution in [1.29, 1.82) is 0 Å². The van der Waals surface area contributed by atoms with Crippen molar-refractivity contribution in [3.05, 3.63) is 8.48 Å². The standard InChI is InChI=1S/C4H6Br2OS/c1-2-7-3(5)4(6)8/h8H,2H2,1H3/b4-3+. The molecular formula is C4H6Br2OS. The third-order valence-electron chi connectivity index (χ3n) is 0.433. The molecule has 0 bridgehead atoms. The maximum absolute atomic E-state index is 4.98. The van der Waals surface area contributed by atoms with Crippen molar-refractivity contribution in [2.75, 3.05) is 6.61 Å². The molecule has 1 nitrogen and oxygen atoms in total. The Morgan fingerprint density at radius 2 is 2.12 bits per heavy atom. The number of rotatable bonds is 2. The summed E-state index contributed by atoms with van der Waals surface area (Å²) in [6.07, 6.45) is 0. The molecule has 0 aromatic rings. The first-order valence-corrected chi connectivity index (χ1v) is 4.08. The number of hydrogen-bond acceptors (Lipinski definition) is 2. The molecule has 0 amide bonds. The minimum atomic E-state index is 0.642. The van der Waals surface area contributed by atoms with Gasteiger partial charge in [0, 0.05) is 0 Å². The lowest BCUT2D eigenvalue weighted by atomic mass is 10.9. The van der Waals surface area contributed by atoms with Crippen LogP contribution in [0.2, 0.25) is 0 Å². The summed E-state index contributed by atoms with van der Waals surface area (Å²) in [5, 5.41) is 0. The molecule has 0 aromatic heterocycles. The summed E-state index contributed by atoms with van der Waals surface area (Å²) in [6, 6.07) is 0. The van der Waals surface area contributed by atoms with Gasteiger partial charge in [-0.05, 0) is 38.8 Å². The molecular weight excluding hydrogens is 256 g/mol. The summed E-state index contributed by atoms with van der Waals surface area (Å²) in [5.74, 6) is 0. The van der Waals surface area contributed by atoms with Crippen LogP contribution in [0.5, 0.6) is 0 Å². The van der Waals surface area contributed by atoms with Gasteiger partial charge in [0.25, 0.3) is 0 Å². The number of halogens is 2. The Labute approximate surface area is 71.1 Å². The molecule has 0 aromatic carbocycles. The predicted octanol–water partition coefficient (Wildman–Crippen LogP) is 2.87. The van der Waals surface area contributed by atoms with Gasteiger partial charge in [-0.2, -0.15) is 0 Å². The fourth-order valence-electron chi connectivity index (χ4n) is 0.186. The summed E-state index contributed by atoms with van der Waals surface area (Å²) in [7, 11) is 0. The molecule has 0 spiro atoms. The molecule has 48 valence electrons. The lowest BCUT2D eigenvalue weighted by Crippen LogP contribution is -1.82. The molecule has 0 unspecified atom stereocenters. The second-order valence-electron chi connectivity index (χ2n) is 0.998. The van der Waals surface area contributed by atoms with Crippen molar-refractivity contribution >= 4 is 44.5 Å². The summed E-state index contributed by atoms with van der Waals surface area (Å²) >= 11 is 10.2. The topological polar surface area (TPSA) is 9.23 Å². The van der Waals surface area contributed by atoms with Crippen LogP contribution in [0.15, 0.2) is 8.48 Å². The highest BCUT2D eigenvalue weighted by molar-refractivity contribution is 9.15. The van der Waals surface area contributed by atoms with Crippen LogP contribution in [0.1, 0.15) is 6.92 Å². The van der Waals surface area contributed by atoms with Gasteiger partial charge in [0.05, 0.1) is 10.4 Å².